The Morgan fingerprint density at radius 1 is 1.12 bits per heavy atom. The minimum Gasteiger partial charge on any atom is -0.496 e. The van der Waals surface area contributed by atoms with Crippen LogP contribution in [0, 0.1) is 0 Å². The van der Waals surface area contributed by atoms with Gasteiger partial charge in [-0.2, -0.15) is 0 Å². The van der Waals surface area contributed by atoms with Crippen LogP contribution in [-0.4, -0.2) is 32.8 Å². The first-order chi connectivity index (χ1) is 11.3. The zero-order valence-corrected chi connectivity index (χ0v) is 15.3. The van der Waals surface area contributed by atoms with E-state index in [1.165, 1.54) is 11.8 Å². The Morgan fingerprint density at radius 3 is 2.33 bits per heavy atom. The van der Waals surface area contributed by atoms with Gasteiger partial charge in [-0.05, 0) is 43.3 Å². The molecule has 0 spiro atoms. The van der Waals surface area contributed by atoms with E-state index in [1.807, 2.05) is 31.2 Å². The summed E-state index contributed by atoms with van der Waals surface area (Å²) in [5.74, 6) is 0.701. The third kappa shape index (κ3) is 5.01. The number of carbonyl (C=O) groups excluding carboxylic acids is 1. The maximum Gasteiger partial charge on any atom is 0.229 e. The second kappa shape index (κ2) is 7.72. The van der Waals surface area contributed by atoms with Crippen molar-refractivity contribution < 1.29 is 17.9 Å². The molecule has 2 rings (SSSR count). The molecule has 0 aromatic heterocycles. The summed E-state index contributed by atoms with van der Waals surface area (Å²) >= 11 is 1.43. The Morgan fingerprint density at radius 2 is 1.75 bits per heavy atom. The molecule has 2 aromatic rings. The van der Waals surface area contributed by atoms with Crippen LogP contribution in [0.3, 0.4) is 0 Å². The number of benzene rings is 2. The second-order valence-electron chi connectivity index (χ2n) is 5.23. The van der Waals surface area contributed by atoms with Crippen LogP contribution in [0.25, 0.3) is 0 Å². The van der Waals surface area contributed by atoms with Crippen molar-refractivity contribution >= 4 is 33.3 Å². The van der Waals surface area contributed by atoms with Gasteiger partial charge in [0.05, 0.1) is 23.5 Å². The number of thioether (sulfide) groups is 1. The number of sulfonamides is 1. The van der Waals surface area contributed by atoms with Crippen molar-refractivity contribution in [2.24, 2.45) is 0 Å². The highest BCUT2D eigenvalue weighted by atomic mass is 32.2. The zero-order chi connectivity index (χ0) is 17.7. The number of ether oxygens (including phenoxy) is 1. The van der Waals surface area contributed by atoms with E-state index in [4.69, 9.17) is 4.74 Å². The first-order valence-electron chi connectivity index (χ1n) is 7.22. The van der Waals surface area contributed by atoms with Gasteiger partial charge in [-0.15, -0.1) is 11.8 Å². The first kappa shape index (κ1) is 18.4. The van der Waals surface area contributed by atoms with E-state index in [0.717, 1.165) is 16.9 Å². The molecule has 0 fully saturated rings. The van der Waals surface area contributed by atoms with Crippen LogP contribution < -0.4 is 9.46 Å². The van der Waals surface area contributed by atoms with E-state index in [-0.39, 0.29) is 11.0 Å². The lowest BCUT2D eigenvalue weighted by Gasteiger charge is -2.13. The minimum absolute atomic E-state index is 0.0307. The number of Topliss-reactive ketones (excluding diaryl/α,β-unsaturated/α-hetero) is 1. The van der Waals surface area contributed by atoms with Gasteiger partial charge < -0.3 is 4.74 Å². The van der Waals surface area contributed by atoms with E-state index in [2.05, 4.69) is 4.72 Å². The lowest BCUT2D eigenvalue weighted by Crippen LogP contribution is -2.14. The predicted octanol–water partition coefficient (Wildman–Crippen LogP) is 3.43. The number of methoxy groups -OCH3 is 1. The van der Waals surface area contributed by atoms with Crippen molar-refractivity contribution in [1.29, 1.82) is 0 Å². The van der Waals surface area contributed by atoms with Crippen LogP contribution in [0.1, 0.15) is 17.3 Å². The number of anilines is 1. The van der Waals surface area contributed by atoms with Crippen LogP contribution in [-0.2, 0) is 10.0 Å². The maximum absolute atomic E-state index is 12.5. The van der Waals surface area contributed by atoms with Gasteiger partial charge in [-0.3, -0.25) is 9.52 Å². The van der Waals surface area contributed by atoms with Gasteiger partial charge >= 0.3 is 0 Å². The molecule has 0 amide bonds. The van der Waals surface area contributed by atoms with Crippen LogP contribution in [0.4, 0.5) is 5.69 Å². The third-order valence-electron chi connectivity index (χ3n) is 3.21. The van der Waals surface area contributed by atoms with E-state index < -0.39 is 10.0 Å². The van der Waals surface area contributed by atoms with Crippen molar-refractivity contribution in [2.45, 2.75) is 17.1 Å². The lowest BCUT2D eigenvalue weighted by atomic mass is 10.1. The summed E-state index contributed by atoms with van der Waals surface area (Å²) in [6.07, 6.45) is 1.08. The average Bonchev–Trinajstić information content (AvgIpc) is 2.54. The molecular formula is C17H19NO4S2. The molecule has 0 saturated heterocycles. The van der Waals surface area contributed by atoms with E-state index in [9.17, 15) is 13.2 Å². The van der Waals surface area contributed by atoms with Gasteiger partial charge in [-0.25, -0.2) is 8.42 Å². The van der Waals surface area contributed by atoms with Gasteiger partial charge in [0, 0.05) is 11.3 Å². The smallest absolute Gasteiger partial charge is 0.229 e. The normalized spacial score (nSPS) is 12.5. The number of para-hydroxylation sites is 1. The second-order valence-corrected chi connectivity index (χ2v) is 8.36. The van der Waals surface area contributed by atoms with Crippen molar-refractivity contribution in [2.75, 3.05) is 18.1 Å². The molecular weight excluding hydrogens is 346 g/mol. The molecule has 1 unspecified atom stereocenters. The summed E-state index contributed by atoms with van der Waals surface area (Å²) < 4.78 is 30.1. The highest BCUT2D eigenvalue weighted by Crippen LogP contribution is 2.33. The zero-order valence-electron chi connectivity index (χ0n) is 13.6. The molecule has 1 N–H and O–H groups in total. The highest BCUT2D eigenvalue weighted by molar-refractivity contribution is 8.00. The van der Waals surface area contributed by atoms with E-state index >= 15 is 0 Å². The van der Waals surface area contributed by atoms with Crippen molar-refractivity contribution in [3.63, 3.8) is 0 Å². The van der Waals surface area contributed by atoms with Crippen LogP contribution in [0.5, 0.6) is 5.75 Å². The topological polar surface area (TPSA) is 72.5 Å². The molecule has 0 saturated carbocycles. The molecule has 0 radical (unpaired) electrons. The SMILES string of the molecule is COc1ccccc1SC(C)C(=O)c1ccc(NS(C)(=O)=O)cc1. The molecule has 128 valence electrons. The molecule has 2 aromatic carbocycles. The molecule has 0 bridgehead atoms. The summed E-state index contributed by atoms with van der Waals surface area (Å²) in [6, 6.07) is 13.9. The maximum atomic E-state index is 12.5. The van der Waals surface area contributed by atoms with E-state index in [1.54, 1.807) is 31.4 Å². The molecule has 24 heavy (non-hydrogen) atoms. The lowest BCUT2D eigenvalue weighted by molar-refractivity contribution is 0.0994. The molecule has 5 nitrogen and oxygen atoms in total. The predicted molar refractivity (Wildman–Crippen MR) is 97.6 cm³/mol. The van der Waals surface area contributed by atoms with Crippen molar-refractivity contribution in [3.05, 3.63) is 54.1 Å². The average molecular weight is 365 g/mol. The minimum atomic E-state index is -3.33. The third-order valence-corrected chi connectivity index (χ3v) is 4.98. The number of hydrogen-bond donors (Lipinski definition) is 1. The Hall–Kier alpha value is -1.99. The van der Waals surface area contributed by atoms with Crippen LogP contribution >= 0.6 is 11.8 Å². The van der Waals surface area contributed by atoms with Gasteiger partial charge in [0.15, 0.2) is 5.78 Å². The standard InChI is InChI=1S/C17H19NO4S2/c1-12(23-16-7-5-4-6-15(16)22-2)17(19)13-8-10-14(11-9-13)18-24(3,20)21/h4-12,18H,1-3H3. The molecule has 1 atom stereocenters. The summed E-state index contributed by atoms with van der Waals surface area (Å²) in [4.78, 5) is 13.4. The number of ketones is 1. The molecule has 7 heteroatoms. The van der Waals surface area contributed by atoms with Crippen molar-refractivity contribution in [3.8, 4) is 5.75 Å². The summed E-state index contributed by atoms with van der Waals surface area (Å²) in [6.45, 7) is 1.84. The highest BCUT2D eigenvalue weighted by Gasteiger charge is 2.18. The van der Waals surface area contributed by atoms with Crippen LogP contribution in [0.2, 0.25) is 0 Å². The number of nitrogens with one attached hydrogen (secondary N) is 1. The fraction of sp³-hybridized carbons (Fsp3) is 0.235. The number of hydrogen-bond acceptors (Lipinski definition) is 5. The van der Waals surface area contributed by atoms with Gasteiger partial charge in [-0.1, -0.05) is 12.1 Å². The summed E-state index contributed by atoms with van der Waals surface area (Å²) in [5.41, 5.74) is 0.961. The van der Waals surface area contributed by atoms with Gasteiger partial charge in [0.1, 0.15) is 5.75 Å². The Bertz CT molecular complexity index is 817. The quantitative estimate of drug-likeness (QED) is 0.601. The Kier molecular flexibility index (Phi) is 5.90. The van der Waals surface area contributed by atoms with E-state index in [0.29, 0.717) is 11.3 Å². The largest absolute Gasteiger partial charge is 0.496 e. The molecule has 0 aliphatic heterocycles. The van der Waals surface area contributed by atoms with Gasteiger partial charge in [0.25, 0.3) is 0 Å². The Labute approximate surface area is 146 Å². The molecule has 0 aliphatic rings. The fourth-order valence-corrected chi connectivity index (χ4v) is 3.72. The number of carbonyl (C=O) groups is 1. The number of rotatable bonds is 7. The monoisotopic (exact) mass is 365 g/mol. The Balaban J connectivity index is 2.10. The van der Waals surface area contributed by atoms with Gasteiger partial charge in [0.2, 0.25) is 10.0 Å². The fourth-order valence-electron chi connectivity index (χ4n) is 2.11. The summed E-state index contributed by atoms with van der Waals surface area (Å²) in [5, 5.41) is -0.296. The van der Waals surface area contributed by atoms with Crippen LogP contribution in [0.15, 0.2) is 53.4 Å². The molecule has 0 aliphatic carbocycles. The van der Waals surface area contributed by atoms with Crippen molar-refractivity contribution in [1.82, 2.24) is 0 Å². The summed E-state index contributed by atoms with van der Waals surface area (Å²) in [7, 11) is -1.73. The first-order valence-corrected chi connectivity index (χ1v) is 9.99. The molecule has 0 heterocycles.